The number of nitrogens with zero attached hydrogens (tertiary/aromatic N) is 1. The van der Waals surface area contributed by atoms with Gasteiger partial charge < -0.3 is 9.84 Å². The van der Waals surface area contributed by atoms with Gasteiger partial charge in [0.05, 0.1) is 11.6 Å². The number of ether oxygens (including phenoxy) is 1. The van der Waals surface area contributed by atoms with Crippen molar-refractivity contribution in [1.82, 2.24) is 0 Å². The predicted octanol–water partition coefficient (Wildman–Crippen LogP) is 1.86. The molecule has 0 amide bonds. The molecule has 0 spiro atoms. The number of hydrogen-bond acceptors (Lipinski definition) is 3. The van der Waals surface area contributed by atoms with E-state index in [0.29, 0.717) is 0 Å². The van der Waals surface area contributed by atoms with Crippen LogP contribution in [-0.4, -0.2) is 24.0 Å². The van der Waals surface area contributed by atoms with Gasteiger partial charge in [-0.25, -0.2) is 0 Å². The number of halogens is 3. The minimum Gasteiger partial charge on any atom is -0.490 e. The summed E-state index contributed by atoms with van der Waals surface area (Å²) < 4.78 is 40.5. The quantitative estimate of drug-likeness (QED) is 0.863. The van der Waals surface area contributed by atoms with Crippen molar-refractivity contribution in [2.45, 2.75) is 12.3 Å². The van der Waals surface area contributed by atoms with Crippen LogP contribution in [0.2, 0.25) is 0 Å². The molecule has 1 aromatic rings. The average Bonchev–Trinajstić information content (AvgIpc) is 2.25. The van der Waals surface area contributed by atoms with Crippen molar-refractivity contribution in [2.24, 2.45) is 0 Å². The van der Waals surface area contributed by atoms with Crippen molar-refractivity contribution < 1.29 is 23.0 Å². The van der Waals surface area contributed by atoms with E-state index in [-0.39, 0.29) is 11.3 Å². The van der Waals surface area contributed by atoms with Crippen LogP contribution in [0.5, 0.6) is 5.75 Å². The zero-order valence-electron chi connectivity index (χ0n) is 8.03. The van der Waals surface area contributed by atoms with Gasteiger partial charge in [0.15, 0.2) is 6.10 Å². The fourth-order valence-electron chi connectivity index (χ4n) is 0.925. The third-order valence-corrected chi connectivity index (χ3v) is 1.75. The summed E-state index contributed by atoms with van der Waals surface area (Å²) in [5.41, 5.74) is 0.277. The molecule has 0 saturated carbocycles. The van der Waals surface area contributed by atoms with E-state index in [1.807, 2.05) is 6.07 Å². The molecule has 0 aromatic heterocycles. The number of aliphatic hydroxyl groups is 1. The highest BCUT2D eigenvalue weighted by Gasteiger charge is 2.38. The molecule has 0 bridgehead atoms. The molecular weight excluding hydrogens is 223 g/mol. The van der Waals surface area contributed by atoms with Gasteiger partial charge >= 0.3 is 6.18 Å². The summed E-state index contributed by atoms with van der Waals surface area (Å²) >= 11 is 0. The fourth-order valence-corrected chi connectivity index (χ4v) is 0.925. The van der Waals surface area contributed by atoms with E-state index < -0.39 is 18.9 Å². The van der Waals surface area contributed by atoms with Crippen LogP contribution in [0.1, 0.15) is 5.56 Å². The molecule has 0 radical (unpaired) electrons. The lowest BCUT2D eigenvalue weighted by Gasteiger charge is -2.15. The molecule has 1 unspecified atom stereocenters. The summed E-state index contributed by atoms with van der Waals surface area (Å²) in [6.07, 6.45) is -7.23. The largest absolute Gasteiger partial charge is 0.490 e. The Bertz CT molecular complexity index is 398. The molecule has 1 atom stereocenters. The minimum atomic E-state index is -4.70. The van der Waals surface area contributed by atoms with Gasteiger partial charge in [0.25, 0.3) is 0 Å². The van der Waals surface area contributed by atoms with Crippen molar-refractivity contribution in [3.05, 3.63) is 29.8 Å². The minimum absolute atomic E-state index is 0.113. The highest BCUT2D eigenvalue weighted by molar-refractivity contribution is 5.36. The lowest BCUT2D eigenvalue weighted by molar-refractivity contribution is -0.210. The van der Waals surface area contributed by atoms with Crippen LogP contribution < -0.4 is 4.74 Å². The monoisotopic (exact) mass is 231 g/mol. The summed E-state index contributed by atoms with van der Waals surface area (Å²) in [6.45, 7) is -0.890. The van der Waals surface area contributed by atoms with Crippen LogP contribution in [0.3, 0.4) is 0 Å². The third-order valence-electron chi connectivity index (χ3n) is 1.75. The van der Waals surface area contributed by atoms with E-state index in [1.165, 1.54) is 24.3 Å². The smallest absolute Gasteiger partial charge is 0.417 e. The van der Waals surface area contributed by atoms with Gasteiger partial charge in [0.1, 0.15) is 12.4 Å². The Morgan fingerprint density at radius 2 is 2.12 bits per heavy atom. The second-order valence-electron chi connectivity index (χ2n) is 3.01. The normalized spacial score (nSPS) is 12.9. The van der Waals surface area contributed by atoms with Crippen LogP contribution in [-0.2, 0) is 0 Å². The number of aliphatic hydroxyl groups excluding tert-OH is 1. The van der Waals surface area contributed by atoms with Gasteiger partial charge in [0.2, 0.25) is 0 Å². The zero-order valence-corrected chi connectivity index (χ0v) is 8.03. The number of nitriles is 1. The Labute approximate surface area is 89.7 Å². The van der Waals surface area contributed by atoms with Crippen molar-refractivity contribution in [2.75, 3.05) is 6.61 Å². The van der Waals surface area contributed by atoms with E-state index in [4.69, 9.17) is 15.1 Å². The fraction of sp³-hybridized carbons (Fsp3) is 0.300. The van der Waals surface area contributed by atoms with Crippen molar-refractivity contribution in [3.8, 4) is 11.8 Å². The Morgan fingerprint density at radius 1 is 1.44 bits per heavy atom. The van der Waals surface area contributed by atoms with Gasteiger partial charge in [-0.3, -0.25) is 0 Å². The Hall–Kier alpha value is -1.74. The third kappa shape index (κ3) is 3.44. The number of benzene rings is 1. The van der Waals surface area contributed by atoms with E-state index in [1.54, 1.807) is 0 Å². The van der Waals surface area contributed by atoms with E-state index in [9.17, 15) is 13.2 Å². The van der Waals surface area contributed by atoms with Crippen molar-refractivity contribution in [1.29, 1.82) is 5.26 Å². The topological polar surface area (TPSA) is 53.2 Å². The summed E-state index contributed by atoms with van der Waals surface area (Å²) in [5.74, 6) is 0.113. The molecule has 0 saturated heterocycles. The number of rotatable bonds is 3. The Morgan fingerprint density at radius 3 is 2.69 bits per heavy atom. The first-order chi connectivity index (χ1) is 7.43. The zero-order chi connectivity index (χ0) is 12.2. The molecule has 0 aliphatic carbocycles. The molecule has 1 aromatic carbocycles. The maximum Gasteiger partial charge on any atom is 0.417 e. The number of hydrogen-bond donors (Lipinski definition) is 1. The SMILES string of the molecule is N#Cc1cccc(OCC(O)C(F)(F)F)c1. The highest BCUT2D eigenvalue weighted by Crippen LogP contribution is 2.21. The molecule has 0 aliphatic heterocycles. The lowest BCUT2D eigenvalue weighted by atomic mass is 10.2. The predicted molar refractivity (Wildman–Crippen MR) is 48.7 cm³/mol. The molecular formula is C10H8F3NO2. The Kier molecular flexibility index (Phi) is 3.74. The maximum atomic E-state index is 11.9. The summed E-state index contributed by atoms with van der Waals surface area (Å²) in [4.78, 5) is 0. The first-order valence-electron chi connectivity index (χ1n) is 4.31. The van der Waals surface area contributed by atoms with Gasteiger partial charge in [0, 0.05) is 0 Å². The van der Waals surface area contributed by atoms with E-state index >= 15 is 0 Å². The standard InChI is InChI=1S/C10H8F3NO2/c11-10(12,13)9(15)6-16-8-3-1-2-7(4-8)5-14/h1-4,9,15H,6H2. The molecule has 3 nitrogen and oxygen atoms in total. The van der Waals surface area contributed by atoms with Crippen LogP contribution >= 0.6 is 0 Å². The van der Waals surface area contributed by atoms with E-state index in [0.717, 1.165) is 0 Å². The van der Waals surface area contributed by atoms with Gasteiger partial charge in [-0.05, 0) is 18.2 Å². The van der Waals surface area contributed by atoms with Crippen LogP contribution in [0.4, 0.5) is 13.2 Å². The summed E-state index contributed by atoms with van der Waals surface area (Å²) in [5, 5.41) is 17.2. The average molecular weight is 231 g/mol. The van der Waals surface area contributed by atoms with Crippen LogP contribution in [0, 0.1) is 11.3 Å². The lowest BCUT2D eigenvalue weighted by Crippen LogP contribution is -2.34. The van der Waals surface area contributed by atoms with Crippen LogP contribution in [0.25, 0.3) is 0 Å². The van der Waals surface area contributed by atoms with Crippen molar-refractivity contribution >= 4 is 0 Å². The first-order valence-corrected chi connectivity index (χ1v) is 4.31. The summed E-state index contributed by atoms with van der Waals surface area (Å²) in [6, 6.07) is 7.50. The van der Waals surface area contributed by atoms with E-state index in [2.05, 4.69) is 0 Å². The molecule has 0 aliphatic rings. The van der Waals surface area contributed by atoms with Gasteiger partial charge in [-0.1, -0.05) is 6.07 Å². The highest BCUT2D eigenvalue weighted by atomic mass is 19.4. The second-order valence-corrected chi connectivity index (χ2v) is 3.01. The summed E-state index contributed by atoms with van der Waals surface area (Å²) in [7, 11) is 0. The maximum absolute atomic E-state index is 11.9. The van der Waals surface area contributed by atoms with Crippen molar-refractivity contribution in [3.63, 3.8) is 0 Å². The molecule has 16 heavy (non-hydrogen) atoms. The van der Waals surface area contributed by atoms with Gasteiger partial charge in [-0.15, -0.1) is 0 Å². The molecule has 0 heterocycles. The molecule has 1 N–H and O–H groups in total. The number of alkyl halides is 3. The van der Waals surface area contributed by atoms with Gasteiger partial charge in [-0.2, -0.15) is 18.4 Å². The second kappa shape index (κ2) is 4.86. The first kappa shape index (κ1) is 12.3. The molecule has 0 fully saturated rings. The molecule has 1 rings (SSSR count). The van der Waals surface area contributed by atoms with Crippen LogP contribution in [0.15, 0.2) is 24.3 Å². The molecule has 86 valence electrons. The molecule has 6 heteroatoms. The Balaban J connectivity index is 2.59.